The van der Waals surface area contributed by atoms with Gasteiger partial charge in [0.15, 0.2) is 0 Å². The van der Waals surface area contributed by atoms with Crippen molar-refractivity contribution in [3.8, 4) is 0 Å². The molecule has 0 aliphatic carbocycles. The molecule has 5 nitrogen and oxygen atoms in total. The van der Waals surface area contributed by atoms with Crippen molar-refractivity contribution in [2.45, 2.75) is 11.4 Å². The predicted molar refractivity (Wildman–Crippen MR) is 78.5 cm³/mol. The first-order valence-corrected chi connectivity index (χ1v) is 7.69. The maximum absolute atomic E-state index is 12.5. The summed E-state index contributed by atoms with van der Waals surface area (Å²) in [6.45, 7) is 0.178. The second-order valence-electron chi connectivity index (χ2n) is 4.55. The lowest BCUT2D eigenvalue weighted by Gasteiger charge is -2.18. The lowest BCUT2D eigenvalue weighted by Crippen LogP contribution is -2.28. The Hall–Kier alpha value is -2.18. The van der Waals surface area contributed by atoms with E-state index >= 15 is 0 Å². The maximum Gasteiger partial charge on any atom is 0.337 e. The van der Waals surface area contributed by atoms with Gasteiger partial charge in [-0.25, -0.2) is 13.2 Å². The van der Waals surface area contributed by atoms with Crippen LogP contribution in [0.4, 0.5) is 0 Å². The van der Waals surface area contributed by atoms with E-state index < -0.39 is 16.0 Å². The van der Waals surface area contributed by atoms with Gasteiger partial charge in [0.25, 0.3) is 0 Å². The van der Waals surface area contributed by atoms with Gasteiger partial charge in [-0.3, -0.25) is 0 Å². The highest BCUT2D eigenvalue weighted by atomic mass is 32.2. The number of nitrogens with zero attached hydrogens (tertiary/aromatic N) is 1. The third-order valence-corrected chi connectivity index (χ3v) is 4.92. The van der Waals surface area contributed by atoms with Crippen molar-refractivity contribution >= 4 is 16.0 Å². The molecule has 0 spiro atoms. The van der Waals surface area contributed by atoms with Crippen molar-refractivity contribution < 1.29 is 18.3 Å². The summed E-state index contributed by atoms with van der Waals surface area (Å²) in [6, 6.07) is 14.7. The summed E-state index contributed by atoms with van der Waals surface area (Å²) >= 11 is 0. The molecule has 0 bridgehead atoms. The summed E-state index contributed by atoms with van der Waals surface area (Å²) in [7, 11) is -2.43. The van der Waals surface area contributed by atoms with E-state index in [-0.39, 0.29) is 17.0 Å². The Morgan fingerprint density at radius 2 is 1.62 bits per heavy atom. The van der Waals surface area contributed by atoms with Crippen LogP contribution in [0.15, 0.2) is 59.5 Å². The van der Waals surface area contributed by atoms with E-state index in [1.807, 2.05) is 30.3 Å². The Labute approximate surface area is 123 Å². The van der Waals surface area contributed by atoms with Crippen molar-refractivity contribution in [2.24, 2.45) is 0 Å². The van der Waals surface area contributed by atoms with Crippen LogP contribution in [0.3, 0.4) is 0 Å². The quantitative estimate of drug-likeness (QED) is 0.919. The Bertz CT molecular complexity index is 741. The number of hydrogen-bond acceptors (Lipinski definition) is 3. The first-order valence-electron chi connectivity index (χ1n) is 6.25. The first kappa shape index (κ1) is 15.2. The van der Waals surface area contributed by atoms with Crippen LogP contribution in [0.1, 0.15) is 15.9 Å². The standard InChI is InChI=1S/C15H15NO4S/c1-16(11-12-7-3-2-4-8-12)21(19,20)14-10-6-5-9-13(14)15(17)18/h2-10H,11H2,1H3,(H,17,18). The number of sulfonamides is 1. The molecule has 1 N–H and O–H groups in total. The number of rotatable bonds is 5. The van der Waals surface area contributed by atoms with Gasteiger partial charge >= 0.3 is 5.97 Å². The molecule has 0 atom stereocenters. The molecule has 0 radical (unpaired) electrons. The van der Waals surface area contributed by atoms with E-state index in [9.17, 15) is 13.2 Å². The van der Waals surface area contributed by atoms with E-state index in [4.69, 9.17) is 5.11 Å². The number of carboxylic acids is 1. The average molecular weight is 305 g/mol. The Morgan fingerprint density at radius 1 is 1.05 bits per heavy atom. The lowest BCUT2D eigenvalue weighted by molar-refractivity contribution is 0.0692. The van der Waals surface area contributed by atoms with E-state index in [0.29, 0.717) is 0 Å². The molecule has 21 heavy (non-hydrogen) atoms. The van der Waals surface area contributed by atoms with Crippen molar-refractivity contribution in [2.75, 3.05) is 7.05 Å². The highest BCUT2D eigenvalue weighted by Gasteiger charge is 2.26. The molecule has 0 fully saturated rings. The zero-order valence-corrected chi connectivity index (χ0v) is 12.2. The van der Waals surface area contributed by atoms with Crippen LogP contribution in [0.25, 0.3) is 0 Å². The number of benzene rings is 2. The van der Waals surface area contributed by atoms with E-state index in [1.54, 1.807) is 0 Å². The Morgan fingerprint density at radius 3 is 2.24 bits per heavy atom. The molecule has 110 valence electrons. The minimum absolute atomic E-state index is 0.178. The molecule has 0 aliphatic rings. The second-order valence-corrected chi connectivity index (χ2v) is 6.56. The zero-order valence-electron chi connectivity index (χ0n) is 11.4. The fourth-order valence-electron chi connectivity index (χ4n) is 1.96. The SMILES string of the molecule is CN(Cc1ccccc1)S(=O)(=O)c1ccccc1C(=O)O. The monoisotopic (exact) mass is 305 g/mol. The van der Waals surface area contributed by atoms with Gasteiger partial charge in [-0.15, -0.1) is 0 Å². The van der Waals surface area contributed by atoms with Gasteiger partial charge in [0.05, 0.1) is 10.5 Å². The van der Waals surface area contributed by atoms with Crippen LogP contribution in [0.2, 0.25) is 0 Å². The van der Waals surface area contributed by atoms with Crippen LogP contribution >= 0.6 is 0 Å². The predicted octanol–water partition coefficient (Wildman–Crippen LogP) is 2.21. The molecular weight excluding hydrogens is 290 g/mol. The average Bonchev–Trinajstić information content (AvgIpc) is 2.48. The van der Waals surface area contributed by atoms with Crippen molar-refractivity contribution in [3.63, 3.8) is 0 Å². The van der Waals surface area contributed by atoms with Gasteiger partial charge in [-0.2, -0.15) is 4.31 Å². The first-order chi connectivity index (χ1) is 9.93. The summed E-state index contributed by atoms with van der Waals surface area (Å²) in [5, 5.41) is 9.12. The summed E-state index contributed by atoms with van der Waals surface area (Å²) in [5.41, 5.74) is 0.605. The molecule has 0 unspecified atom stereocenters. The number of carbonyl (C=O) groups is 1. The summed E-state index contributed by atoms with van der Waals surface area (Å²) in [5.74, 6) is -1.26. The van der Waals surface area contributed by atoms with Gasteiger partial charge < -0.3 is 5.11 Å². The van der Waals surface area contributed by atoms with Crippen LogP contribution in [0.5, 0.6) is 0 Å². The minimum Gasteiger partial charge on any atom is -0.478 e. The molecular formula is C15H15NO4S. The van der Waals surface area contributed by atoms with Gasteiger partial charge in [-0.1, -0.05) is 42.5 Å². The fraction of sp³-hybridized carbons (Fsp3) is 0.133. The third-order valence-electron chi connectivity index (χ3n) is 3.05. The number of aromatic carboxylic acids is 1. The summed E-state index contributed by atoms with van der Waals surface area (Å²) < 4.78 is 26.2. The highest BCUT2D eigenvalue weighted by Crippen LogP contribution is 2.20. The fourth-order valence-corrected chi connectivity index (χ4v) is 3.30. The topological polar surface area (TPSA) is 74.7 Å². The normalized spacial score (nSPS) is 11.5. The Kier molecular flexibility index (Phi) is 4.40. The van der Waals surface area contributed by atoms with Crippen molar-refractivity contribution in [1.29, 1.82) is 0 Å². The zero-order chi connectivity index (χ0) is 15.5. The van der Waals surface area contributed by atoms with Gasteiger partial charge in [0, 0.05) is 13.6 Å². The summed E-state index contributed by atoms with van der Waals surface area (Å²) in [6.07, 6.45) is 0. The molecule has 2 aromatic rings. The van der Waals surface area contributed by atoms with Crippen LogP contribution in [-0.2, 0) is 16.6 Å². The molecule has 0 heterocycles. The molecule has 0 amide bonds. The lowest BCUT2D eigenvalue weighted by atomic mass is 10.2. The smallest absolute Gasteiger partial charge is 0.337 e. The molecule has 0 saturated carbocycles. The second kappa shape index (κ2) is 6.07. The highest BCUT2D eigenvalue weighted by molar-refractivity contribution is 7.89. The molecule has 0 aliphatic heterocycles. The largest absolute Gasteiger partial charge is 0.478 e. The van der Waals surface area contributed by atoms with Crippen LogP contribution < -0.4 is 0 Å². The van der Waals surface area contributed by atoms with Crippen LogP contribution in [-0.4, -0.2) is 30.8 Å². The molecule has 0 saturated heterocycles. The molecule has 2 aromatic carbocycles. The third kappa shape index (κ3) is 3.29. The van der Waals surface area contributed by atoms with E-state index in [1.165, 1.54) is 31.3 Å². The number of hydrogen-bond donors (Lipinski definition) is 1. The van der Waals surface area contributed by atoms with Crippen molar-refractivity contribution in [3.05, 3.63) is 65.7 Å². The minimum atomic E-state index is -3.86. The van der Waals surface area contributed by atoms with Crippen LogP contribution in [0, 0.1) is 0 Å². The van der Waals surface area contributed by atoms with Gasteiger partial charge in [-0.05, 0) is 17.7 Å². The van der Waals surface area contributed by atoms with Gasteiger partial charge in [0.1, 0.15) is 0 Å². The van der Waals surface area contributed by atoms with E-state index in [0.717, 1.165) is 9.87 Å². The molecule has 0 aromatic heterocycles. The molecule has 2 rings (SSSR count). The Balaban J connectivity index is 2.36. The van der Waals surface area contributed by atoms with Gasteiger partial charge in [0.2, 0.25) is 10.0 Å². The molecule has 6 heteroatoms. The maximum atomic E-state index is 12.5. The number of carboxylic acid groups (broad SMARTS) is 1. The van der Waals surface area contributed by atoms with Crippen molar-refractivity contribution in [1.82, 2.24) is 4.31 Å². The van der Waals surface area contributed by atoms with E-state index in [2.05, 4.69) is 0 Å². The summed E-state index contributed by atoms with van der Waals surface area (Å²) in [4.78, 5) is 11.0.